The number of carbonyl (C=O) groups is 1. The summed E-state index contributed by atoms with van der Waals surface area (Å²) in [6.45, 7) is 4.91. The number of amides is 1. The minimum absolute atomic E-state index is 0.213. The zero-order chi connectivity index (χ0) is 17.2. The summed E-state index contributed by atoms with van der Waals surface area (Å²) in [6, 6.07) is 12.1. The third-order valence-electron chi connectivity index (χ3n) is 4.56. The minimum atomic E-state index is 0.213. The molecule has 3 aromatic rings. The second-order valence-electron chi connectivity index (χ2n) is 6.06. The van der Waals surface area contributed by atoms with Crippen LogP contribution in [0.5, 0.6) is 0 Å². The number of benzene rings is 1. The molecule has 7 nitrogen and oxygen atoms in total. The molecule has 1 saturated heterocycles. The van der Waals surface area contributed by atoms with Crippen molar-refractivity contribution in [3.8, 4) is 11.3 Å². The minimum Gasteiger partial charge on any atom is -0.353 e. The van der Waals surface area contributed by atoms with Crippen LogP contribution in [0.15, 0.2) is 42.7 Å². The third-order valence-corrected chi connectivity index (χ3v) is 4.56. The van der Waals surface area contributed by atoms with E-state index in [1.807, 2.05) is 48.2 Å². The van der Waals surface area contributed by atoms with Crippen molar-refractivity contribution in [1.82, 2.24) is 24.5 Å². The summed E-state index contributed by atoms with van der Waals surface area (Å²) in [5.74, 6) is 1.76. The maximum absolute atomic E-state index is 11.9. The lowest BCUT2D eigenvalue weighted by Crippen LogP contribution is -2.49. The molecule has 0 unspecified atom stereocenters. The molecule has 0 radical (unpaired) electrons. The molecule has 0 saturated carbocycles. The van der Waals surface area contributed by atoms with Crippen LogP contribution < -0.4 is 4.90 Å². The number of piperazine rings is 1. The Morgan fingerprint density at radius 1 is 1.12 bits per heavy atom. The predicted molar refractivity (Wildman–Crippen MR) is 95.3 cm³/mol. The van der Waals surface area contributed by atoms with E-state index < -0.39 is 0 Å². The number of anilines is 1. The Kier molecular flexibility index (Phi) is 4.05. The maximum Gasteiger partial charge on any atom is 0.254 e. The first-order valence-corrected chi connectivity index (χ1v) is 8.55. The Hall–Kier alpha value is -2.96. The summed E-state index contributed by atoms with van der Waals surface area (Å²) >= 11 is 0. The fourth-order valence-electron chi connectivity index (χ4n) is 3.19. The molecular formula is C18H20N6O. The van der Waals surface area contributed by atoms with E-state index in [9.17, 15) is 4.79 Å². The highest BCUT2D eigenvalue weighted by Gasteiger charge is 2.23. The molecule has 128 valence electrons. The van der Waals surface area contributed by atoms with Crippen LogP contribution in [0.3, 0.4) is 0 Å². The van der Waals surface area contributed by atoms with E-state index in [1.165, 1.54) is 6.33 Å². The van der Waals surface area contributed by atoms with Gasteiger partial charge in [0.05, 0.1) is 5.69 Å². The quantitative estimate of drug-likeness (QED) is 0.730. The second-order valence-corrected chi connectivity index (χ2v) is 6.06. The van der Waals surface area contributed by atoms with Crippen LogP contribution in [-0.4, -0.2) is 56.6 Å². The fourth-order valence-corrected chi connectivity index (χ4v) is 3.19. The summed E-state index contributed by atoms with van der Waals surface area (Å²) < 4.78 is 1.77. The summed E-state index contributed by atoms with van der Waals surface area (Å²) in [5.41, 5.74) is 1.93. The molecule has 7 heteroatoms. The first-order valence-electron chi connectivity index (χ1n) is 8.55. The number of rotatable bonds is 3. The standard InChI is InChI=1S/C18H20N6O/c1-2-17(25)23-10-8-22(9-11-23)16-12-15(14-6-4-3-5-7-14)21-18-19-13-20-24(16)18/h3-7,12-13H,2,8-11H2,1H3. The van der Waals surface area contributed by atoms with Crippen LogP contribution in [0.25, 0.3) is 17.0 Å². The molecule has 0 aliphatic carbocycles. The maximum atomic E-state index is 11.9. The number of hydrogen-bond donors (Lipinski definition) is 0. The Morgan fingerprint density at radius 3 is 2.60 bits per heavy atom. The first-order chi connectivity index (χ1) is 12.3. The van der Waals surface area contributed by atoms with E-state index >= 15 is 0 Å². The zero-order valence-corrected chi connectivity index (χ0v) is 14.2. The van der Waals surface area contributed by atoms with Gasteiger partial charge in [-0.3, -0.25) is 4.79 Å². The third kappa shape index (κ3) is 2.93. The predicted octanol–water partition coefficient (Wildman–Crippen LogP) is 1.85. The van der Waals surface area contributed by atoms with E-state index in [1.54, 1.807) is 4.52 Å². The average molecular weight is 336 g/mol. The SMILES string of the molecule is CCC(=O)N1CCN(c2cc(-c3ccccc3)nc3ncnn23)CC1. The Bertz CT molecular complexity index is 883. The van der Waals surface area contributed by atoms with Crippen molar-refractivity contribution in [2.75, 3.05) is 31.1 Å². The van der Waals surface area contributed by atoms with E-state index in [2.05, 4.69) is 20.0 Å². The summed E-state index contributed by atoms with van der Waals surface area (Å²) in [7, 11) is 0. The molecule has 3 heterocycles. The molecule has 1 aromatic carbocycles. The summed E-state index contributed by atoms with van der Waals surface area (Å²) in [6.07, 6.45) is 2.08. The van der Waals surface area contributed by atoms with Crippen LogP contribution in [0.4, 0.5) is 5.82 Å². The van der Waals surface area contributed by atoms with Gasteiger partial charge in [0.2, 0.25) is 5.91 Å². The molecule has 0 spiro atoms. The number of nitrogens with zero attached hydrogens (tertiary/aromatic N) is 6. The van der Waals surface area contributed by atoms with Crippen LogP contribution >= 0.6 is 0 Å². The van der Waals surface area contributed by atoms with E-state index in [0.717, 1.165) is 43.3 Å². The van der Waals surface area contributed by atoms with Gasteiger partial charge in [-0.05, 0) is 0 Å². The molecule has 1 fully saturated rings. The van der Waals surface area contributed by atoms with Gasteiger partial charge in [0.25, 0.3) is 5.78 Å². The van der Waals surface area contributed by atoms with Crippen LogP contribution in [-0.2, 0) is 4.79 Å². The average Bonchev–Trinajstić information content (AvgIpc) is 3.16. The van der Waals surface area contributed by atoms with Gasteiger partial charge in [-0.1, -0.05) is 37.3 Å². The molecule has 2 aromatic heterocycles. The van der Waals surface area contributed by atoms with Gasteiger partial charge in [0.15, 0.2) is 0 Å². The molecule has 1 amide bonds. The molecule has 4 rings (SSSR count). The molecular weight excluding hydrogens is 316 g/mol. The van der Waals surface area contributed by atoms with Crippen molar-refractivity contribution < 1.29 is 4.79 Å². The lowest BCUT2D eigenvalue weighted by atomic mass is 10.1. The Morgan fingerprint density at radius 2 is 1.88 bits per heavy atom. The summed E-state index contributed by atoms with van der Waals surface area (Å²) in [4.78, 5) is 24.9. The molecule has 25 heavy (non-hydrogen) atoms. The van der Waals surface area contributed by atoms with Crippen molar-refractivity contribution in [3.63, 3.8) is 0 Å². The highest BCUT2D eigenvalue weighted by atomic mass is 16.2. The van der Waals surface area contributed by atoms with Gasteiger partial charge in [-0.15, -0.1) is 0 Å². The van der Waals surface area contributed by atoms with Crippen LogP contribution in [0.1, 0.15) is 13.3 Å². The molecule has 1 aliphatic rings. The zero-order valence-electron chi connectivity index (χ0n) is 14.2. The topological polar surface area (TPSA) is 66.6 Å². The van der Waals surface area contributed by atoms with Gasteiger partial charge < -0.3 is 9.80 Å². The highest BCUT2D eigenvalue weighted by Crippen LogP contribution is 2.24. The van der Waals surface area contributed by atoms with Crippen molar-refractivity contribution in [3.05, 3.63) is 42.7 Å². The monoisotopic (exact) mass is 336 g/mol. The van der Waals surface area contributed by atoms with Crippen molar-refractivity contribution in [1.29, 1.82) is 0 Å². The lowest BCUT2D eigenvalue weighted by molar-refractivity contribution is -0.131. The molecule has 1 aliphatic heterocycles. The van der Waals surface area contributed by atoms with E-state index in [4.69, 9.17) is 0 Å². The largest absolute Gasteiger partial charge is 0.353 e. The summed E-state index contributed by atoms with van der Waals surface area (Å²) in [5, 5.41) is 4.32. The number of aromatic nitrogens is 4. The van der Waals surface area contributed by atoms with Gasteiger partial charge in [-0.2, -0.15) is 14.6 Å². The number of fused-ring (bicyclic) bond motifs is 1. The van der Waals surface area contributed by atoms with Crippen molar-refractivity contribution >= 4 is 17.5 Å². The van der Waals surface area contributed by atoms with E-state index in [0.29, 0.717) is 12.2 Å². The van der Waals surface area contributed by atoms with E-state index in [-0.39, 0.29) is 5.91 Å². The van der Waals surface area contributed by atoms with Crippen LogP contribution in [0.2, 0.25) is 0 Å². The second kappa shape index (κ2) is 6.51. The Labute approximate surface area is 145 Å². The molecule has 0 N–H and O–H groups in total. The van der Waals surface area contributed by atoms with Gasteiger partial charge in [0, 0.05) is 44.2 Å². The lowest BCUT2D eigenvalue weighted by Gasteiger charge is -2.35. The highest BCUT2D eigenvalue weighted by molar-refractivity contribution is 5.76. The fraction of sp³-hybridized carbons (Fsp3) is 0.333. The van der Waals surface area contributed by atoms with Crippen molar-refractivity contribution in [2.24, 2.45) is 0 Å². The molecule has 0 bridgehead atoms. The van der Waals surface area contributed by atoms with Gasteiger partial charge >= 0.3 is 0 Å². The van der Waals surface area contributed by atoms with Gasteiger partial charge in [0.1, 0.15) is 12.1 Å². The van der Waals surface area contributed by atoms with Crippen LogP contribution in [0, 0.1) is 0 Å². The van der Waals surface area contributed by atoms with Gasteiger partial charge in [-0.25, -0.2) is 4.98 Å². The molecule has 0 atom stereocenters. The normalized spacial score (nSPS) is 14.9. The number of hydrogen-bond acceptors (Lipinski definition) is 5. The first kappa shape index (κ1) is 15.6. The smallest absolute Gasteiger partial charge is 0.254 e. The Balaban J connectivity index is 1.68. The van der Waals surface area contributed by atoms with Crippen molar-refractivity contribution in [2.45, 2.75) is 13.3 Å². The number of carbonyl (C=O) groups excluding carboxylic acids is 1.